The van der Waals surface area contributed by atoms with E-state index in [2.05, 4.69) is 17.2 Å². The number of para-hydroxylation sites is 2. The molecule has 2 N–H and O–H groups in total. The fraction of sp³-hybridized carbons (Fsp3) is 0.318. The first-order valence-corrected chi connectivity index (χ1v) is 10.3. The van der Waals surface area contributed by atoms with Crippen molar-refractivity contribution in [1.82, 2.24) is 19.7 Å². The minimum Gasteiger partial charge on any atom is -0.349 e. The minimum absolute atomic E-state index is 0.0201. The fourth-order valence-electron chi connectivity index (χ4n) is 4.35. The summed E-state index contributed by atoms with van der Waals surface area (Å²) in [6.45, 7) is 2.22. The molecule has 4 aromatic rings. The molecule has 28 heavy (non-hydrogen) atoms. The number of carbonyl (C=O) groups excluding carboxylic acids is 1. The van der Waals surface area contributed by atoms with E-state index < -0.39 is 0 Å². The summed E-state index contributed by atoms with van der Waals surface area (Å²) in [5.74, 6) is 0.509. The Morgan fingerprint density at radius 1 is 1.21 bits per heavy atom. The monoisotopic (exact) mass is 390 g/mol. The van der Waals surface area contributed by atoms with Crippen LogP contribution in [0.3, 0.4) is 0 Å². The minimum atomic E-state index is -0.0201. The molecule has 2 atom stereocenters. The van der Waals surface area contributed by atoms with Crippen molar-refractivity contribution in [2.75, 3.05) is 0 Å². The van der Waals surface area contributed by atoms with Gasteiger partial charge in [-0.05, 0) is 61.3 Å². The second-order valence-corrected chi connectivity index (χ2v) is 8.18. The molecule has 0 bridgehead atoms. The van der Waals surface area contributed by atoms with Gasteiger partial charge in [-0.15, -0.1) is 0 Å². The van der Waals surface area contributed by atoms with E-state index in [9.17, 15) is 4.79 Å². The lowest BCUT2D eigenvalue weighted by atomic mass is 9.86. The van der Waals surface area contributed by atoms with Crippen LogP contribution in [0, 0.1) is 10.7 Å². The number of fused-ring (bicyclic) bond motifs is 5. The van der Waals surface area contributed by atoms with Crippen molar-refractivity contribution in [2.45, 2.75) is 38.6 Å². The van der Waals surface area contributed by atoms with Gasteiger partial charge in [0.15, 0.2) is 4.77 Å². The van der Waals surface area contributed by atoms with Gasteiger partial charge in [-0.3, -0.25) is 9.20 Å². The summed E-state index contributed by atoms with van der Waals surface area (Å²) in [5, 5.41) is 4.17. The summed E-state index contributed by atoms with van der Waals surface area (Å²) < 4.78 is 2.53. The van der Waals surface area contributed by atoms with Gasteiger partial charge in [0.05, 0.1) is 16.6 Å². The van der Waals surface area contributed by atoms with Crippen molar-refractivity contribution in [3.63, 3.8) is 0 Å². The van der Waals surface area contributed by atoms with Crippen molar-refractivity contribution in [3.05, 3.63) is 52.8 Å². The number of aromatic nitrogens is 3. The molecule has 5 rings (SSSR count). The predicted molar refractivity (Wildman–Crippen MR) is 114 cm³/mol. The van der Waals surface area contributed by atoms with Crippen LogP contribution in [0.15, 0.2) is 42.5 Å². The van der Waals surface area contributed by atoms with Crippen molar-refractivity contribution >= 4 is 45.7 Å². The van der Waals surface area contributed by atoms with E-state index in [4.69, 9.17) is 17.2 Å². The number of benzene rings is 2. The smallest absolute Gasteiger partial charge is 0.251 e. The average molecular weight is 391 g/mol. The first-order chi connectivity index (χ1) is 13.6. The molecule has 1 fully saturated rings. The van der Waals surface area contributed by atoms with Gasteiger partial charge in [-0.25, -0.2) is 4.98 Å². The van der Waals surface area contributed by atoms with Gasteiger partial charge < -0.3 is 10.3 Å². The standard InChI is InChI=1S/C22H22N4OS/c1-13-6-2-3-7-16(13)24-21(27)14-10-11-15-18(12-14)25-22(28)26-19-9-5-4-8-17(19)23-20(15)26/h4-5,8-13,16H,2-3,6-7H2,1H3,(H,24,27)(H,25,28)/t13-,16-/m0/s1. The molecule has 1 aliphatic rings. The van der Waals surface area contributed by atoms with Gasteiger partial charge in [0.2, 0.25) is 0 Å². The molecule has 2 heterocycles. The Morgan fingerprint density at radius 3 is 2.89 bits per heavy atom. The van der Waals surface area contributed by atoms with Crippen LogP contribution < -0.4 is 5.32 Å². The van der Waals surface area contributed by atoms with Crippen molar-refractivity contribution in [2.24, 2.45) is 5.92 Å². The van der Waals surface area contributed by atoms with Gasteiger partial charge in [0, 0.05) is 17.0 Å². The Kier molecular flexibility index (Phi) is 4.16. The summed E-state index contributed by atoms with van der Waals surface area (Å²) in [7, 11) is 0. The number of imidazole rings is 1. The Bertz CT molecular complexity index is 1270. The Morgan fingerprint density at radius 2 is 2.04 bits per heavy atom. The van der Waals surface area contributed by atoms with E-state index >= 15 is 0 Å². The van der Waals surface area contributed by atoms with Crippen LogP contribution in [0.4, 0.5) is 0 Å². The van der Waals surface area contributed by atoms with E-state index in [1.807, 2.05) is 46.9 Å². The van der Waals surface area contributed by atoms with Crippen molar-refractivity contribution in [1.29, 1.82) is 0 Å². The molecule has 1 amide bonds. The maximum atomic E-state index is 12.8. The number of aromatic amines is 1. The first kappa shape index (κ1) is 17.4. The van der Waals surface area contributed by atoms with Crippen LogP contribution in [0.1, 0.15) is 43.0 Å². The number of hydrogen-bond acceptors (Lipinski definition) is 3. The lowest BCUT2D eigenvalue weighted by Gasteiger charge is -2.29. The lowest BCUT2D eigenvalue weighted by molar-refractivity contribution is 0.0910. The summed E-state index contributed by atoms with van der Waals surface area (Å²) in [5.41, 5.74) is 4.18. The van der Waals surface area contributed by atoms with Gasteiger partial charge in [-0.2, -0.15) is 0 Å². The number of amides is 1. The molecule has 2 aromatic carbocycles. The molecule has 0 aliphatic heterocycles. The van der Waals surface area contributed by atoms with Crippen LogP contribution in [0.5, 0.6) is 0 Å². The molecule has 1 saturated carbocycles. The van der Waals surface area contributed by atoms with E-state index in [0.717, 1.165) is 34.0 Å². The molecule has 0 saturated heterocycles. The molecule has 0 unspecified atom stereocenters. The zero-order valence-electron chi connectivity index (χ0n) is 15.7. The predicted octanol–water partition coefficient (Wildman–Crippen LogP) is 5.01. The molecule has 2 aromatic heterocycles. The Labute approximate surface area is 167 Å². The van der Waals surface area contributed by atoms with Crippen molar-refractivity contribution in [3.8, 4) is 0 Å². The second-order valence-electron chi connectivity index (χ2n) is 7.79. The van der Waals surface area contributed by atoms with Gasteiger partial charge in [0.1, 0.15) is 5.65 Å². The third-order valence-corrected chi connectivity index (χ3v) is 6.24. The van der Waals surface area contributed by atoms with E-state index in [1.54, 1.807) is 0 Å². The molecular formula is C22H22N4OS. The van der Waals surface area contributed by atoms with Gasteiger partial charge >= 0.3 is 0 Å². The van der Waals surface area contributed by atoms with Crippen LogP contribution in [0.25, 0.3) is 27.6 Å². The van der Waals surface area contributed by atoms with E-state index in [0.29, 0.717) is 16.3 Å². The number of nitrogens with one attached hydrogen (secondary N) is 2. The first-order valence-electron chi connectivity index (χ1n) is 9.86. The summed E-state index contributed by atoms with van der Waals surface area (Å²) in [4.78, 5) is 20.9. The summed E-state index contributed by atoms with van der Waals surface area (Å²) >= 11 is 5.58. The molecule has 6 heteroatoms. The third kappa shape index (κ3) is 2.79. The molecular weight excluding hydrogens is 368 g/mol. The highest BCUT2D eigenvalue weighted by molar-refractivity contribution is 7.71. The summed E-state index contributed by atoms with van der Waals surface area (Å²) in [6, 6.07) is 13.9. The van der Waals surface area contributed by atoms with Crippen molar-refractivity contribution < 1.29 is 4.79 Å². The zero-order chi connectivity index (χ0) is 19.3. The van der Waals surface area contributed by atoms with Crippen LogP contribution in [-0.2, 0) is 0 Å². The zero-order valence-corrected chi connectivity index (χ0v) is 16.6. The fourth-order valence-corrected chi connectivity index (χ4v) is 4.64. The summed E-state index contributed by atoms with van der Waals surface area (Å²) in [6.07, 6.45) is 4.69. The molecule has 142 valence electrons. The van der Waals surface area contributed by atoms with Crippen LogP contribution in [-0.4, -0.2) is 26.3 Å². The quantitative estimate of drug-likeness (QED) is 0.473. The van der Waals surface area contributed by atoms with Crippen LogP contribution in [0.2, 0.25) is 0 Å². The highest BCUT2D eigenvalue weighted by Crippen LogP contribution is 2.26. The molecule has 0 spiro atoms. The third-order valence-electron chi connectivity index (χ3n) is 5.96. The molecule has 1 aliphatic carbocycles. The average Bonchev–Trinajstić information content (AvgIpc) is 3.10. The Hall–Kier alpha value is -2.73. The topological polar surface area (TPSA) is 62.2 Å². The second kappa shape index (κ2) is 6.71. The Balaban J connectivity index is 1.57. The van der Waals surface area contributed by atoms with Gasteiger partial charge in [0.25, 0.3) is 5.91 Å². The number of hydrogen-bond donors (Lipinski definition) is 2. The lowest BCUT2D eigenvalue weighted by Crippen LogP contribution is -2.41. The number of nitrogens with zero attached hydrogens (tertiary/aromatic N) is 2. The normalized spacial score (nSPS) is 20.0. The van der Waals surface area contributed by atoms with Crippen LogP contribution >= 0.6 is 12.2 Å². The maximum absolute atomic E-state index is 12.8. The number of rotatable bonds is 2. The van der Waals surface area contributed by atoms with E-state index in [-0.39, 0.29) is 11.9 Å². The highest BCUT2D eigenvalue weighted by atomic mass is 32.1. The van der Waals surface area contributed by atoms with Gasteiger partial charge in [-0.1, -0.05) is 31.9 Å². The number of carbonyl (C=O) groups is 1. The largest absolute Gasteiger partial charge is 0.349 e. The highest BCUT2D eigenvalue weighted by Gasteiger charge is 2.23. The molecule has 5 nitrogen and oxygen atoms in total. The molecule has 0 radical (unpaired) electrons. The van der Waals surface area contributed by atoms with E-state index in [1.165, 1.54) is 19.3 Å². The SMILES string of the molecule is C[C@H]1CCCC[C@@H]1NC(=O)c1ccc2c(c1)[nH]c(=S)n1c3ccccc3nc21. The maximum Gasteiger partial charge on any atom is 0.251 e. The number of H-pyrrole nitrogens is 1.